The number of hydrogen-bond acceptors (Lipinski definition) is 4. The lowest BCUT2D eigenvalue weighted by Gasteiger charge is -2.16. The standard InChI is InChI=1S/C19H16BrF3N4O2/c1-11(13-4-3-5-14(10-13)19(21,22)23)29-18(28)24-17-16(25-26-27(17)2)12-6-8-15(20)9-7-12/h3-11H,1-2H3,(H,24,28)/t11-/m1/s1. The zero-order valence-electron chi connectivity index (χ0n) is 15.4. The van der Waals surface area contributed by atoms with Gasteiger partial charge in [0.15, 0.2) is 5.82 Å². The third kappa shape index (κ3) is 4.94. The van der Waals surface area contributed by atoms with Gasteiger partial charge in [-0.25, -0.2) is 9.48 Å². The molecule has 0 aliphatic rings. The van der Waals surface area contributed by atoms with E-state index < -0.39 is 23.9 Å². The topological polar surface area (TPSA) is 69.0 Å². The van der Waals surface area contributed by atoms with Crippen LogP contribution in [0, 0.1) is 0 Å². The molecule has 0 fully saturated rings. The predicted octanol–water partition coefficient (Wildman–Crippen LogP) is 5.57. The highest BCUT2D eigenvalue weighted by Gasteiger charge is 2.31. The first-order valence-electron chi connectivity index (χ1n) is 8.45. The monoisotopic (exact) mass is 468 g/mol. The molecule has 1 N–H and O–H groups in total. The highest BCUT2D eigenvalue weighted by Crippen LogP contribution is 2.32. The number of anilines is 1. The molecule has 0 saturated carbocycles. The van der Waals surface area contributed by atoms with E-state index in [2.05, 4.69) is 31.6 Å². The van der Waals surface area contributed by atoms with E-state index in [1.165, 1.54) is 23.7 Å². The van der Waals surface area contributed by atoms with Crippen LogP contribution in [-0.2, 0) is 18.0 Å². The maximum atomic E-state index is 12.9. The Kier molecular flexibility index (Phi) is 5.92. The second-order valence-electron chi connectivity index (χ2n) is 6.21. The largest absolute Gasteiger partial charge is 0.441 e. The van der Waals surface area contributed by atoms with Crippen LogP contribution in [0.3, 0.4) is 0 Å². The smallest absolute Gasteiger partial charge is 0.416 e. The summed E-state index contributed by atoms with van der Waals surface area (Å²) in [6.07, 6.45) is -6.20. The van der Waals surface area contributed by atoms with E-state index in [9.17, 15) is 18.0 Å². The van der Waals surface area contributed by atoms with Gasteiger partial charge in [-0.15, -0.1) is 5.10 Å². The Balaban J connectivity index is 1.75. The molecule has 152 valence electrons. The summed E-state index contributed by atoms with van der Waals surface area (Å²) in [7, 11) is 1.60. The van der Waals surface area contributed by atoms with Gasteiger partial charge < -0.3 is 4.74 Å². The van der Waals surface area contributed by atoms with Crippen molar-refractivity contribution in [3.8, 4) is 11.3 Å². The van der Waals surface area contributed by atoms with E-state index in [0.717, 1.165) is 22.2 Å². The maximum absolute atomic E-state index is 12.9. The minimum absolute atomic E-state index is 0.228. The van der Waals surface area contributed by atoms with Crippen LogP contribution in [0.4, 0.5) is 23.8 Å². The Morgan fingerprint density at radius 1 is 1.21 bits per heavy atom. The number of amides is 1. The van der Waals surface area contributed by atoms with E-state index in [0.29, 0.717) is 11.5 Å². The zero-order chi connectivity index (χ0) is 21.2. The van der Waals surface area contributed by atoms with Gasteiger partial charge >= 0.3 is 12.3 Å². The Morgan fingerprint density at radius 3 is 2.55 bits per heavy atom. The van der Waals surface area contributed by atoms with Gasteiger partial charge in [0.25, 0.3) is 0 Å². The first-order valence-corrected chi connectivity index (χ1v) is 9.25. The van der Waals surface area contributed by atoms with Gasteiger partial charge in [-0.05, 0) is 36.8 Å². The third-order valence-electron chi connectivity index (χ3n) is 4.13. The van der Waals surface area contributed by atoms with Crippen LogP contribution >= 0.6 is 15.9 Å². The summed E-state index contributed by atoms with van der Waals surface area (Å²) in [6, 6.07) is 11.9. The second kappa shape index (κ2) is 8.24. The molecule has 3 aromatic rings. The number of ether oxygens (including phenoxy) is 1. The number of nitrogens with one attached hydrogen (secondary N) is 1. The van der Waals surface area contributed by atoms with Gasteiger partial charge in [0.05, 0.1) is 5.56 Å². The first-order chi connectivity index (χ1) is 13.6. The summed E-state index contributed by atoms with van der Waals surface area (Å²) in [6.45, 7) is 1.49. The molecular weight excluding hydrogens is 453 g/mol. The average molecular weight is 469 g/mol. The summed E-state index contributed by atoms with van der Waals surface area (Å²) in [4.78, 5) is 12.3. The number of carbonyl (C=O) groups is 1. The lowest BCUT2D eigenvalue weighted by atomic mass is 10.1. The molecule has 3 rings (SSSR count). The van der Waals surface area contributed by atoms with Crippen molar-refractivity contribution in [2.24, 2.45) is 7.05 Å². The Morgan fingerprint density at radius 2 is 1.90 bits per heavy atom. The first kappa shape index (κ1) is 20.8. The molecule has 10 heteroatoms. The van der Waals surface area contributed by atoms with Gasteiger partial charge in [0.1, 0.15) is 11.8 Å². The molecule has 6 nitrogen and oxygen atoms in total. The van der Waals surface area contributed by atoms with Crippen molar-refractivity contribution in [1.29, 1.82) is 0 Å². The Hall–Kier alpha value is -2.88. The molecule has 0 bridgehead atoms. The number of rotatable bonds is 4. The average Bonchev–Trinajstić information content (AvgIpc) is 3.02. The highest BCUT2D eigenvalue weighted by atomic mass is 79.9. The van der Waals surface area contributed by atoms with Crippen molar-refractivity contribution in [2.45, 2.75) is 19.2 Å². The van der Waals surface area contributed by atoms with Gasteiger partial charge in [-0.1, -0.05) is 45.4 Å². The third-order valence-corrected chi connectivity index (χ3v) is 4.66. The van der Waals surface area contributed by atoms with E-state index in [1.807, 2.05) is 12.1 Å². The summed E-state index contributed by atoms with van der Waals surface area (Å²) < 4.78 is 46.1. The maximum Gasteiger partial charge on any atom is 0.416 e. The van der Waals surface area contributed by atoms with Crippen molar-refractivity contribution in [3.05, 3.63) is 64.1 Å². The number of carbonyl (C=O) groups excluding carboxylic acids is 1. The van der Waals surface area contributed by atoms with E-state index in [4.69, 9.17) is 4.74 Å². The molecule has 1 aromatic heterocycles. The van der Waals surface area contributed by atoms with Crippen LogP contribution in [0.25, 0.3) is 11.3 Å². The quantitative estimate of drug-likeness (QED) is 0.543. The molecule has 29 heavy (non-hydrogen) atoms. The van der Waals surface area contributed by atoms with Gasteiger partial charge in [-0.3, -0.25) is 5.32 Å². The van der Waals surface area contributed by atoms with Gasteiger partial charge in [0.2, 0.25) is 0 Å². The number of aromatic nitrogens is 3. The molecule has 1 atom stereocenters. The van der Waals surface area contributed by atoms with E-state index >= 15 is 0 Å². The molecule has 0 saturated heterocycles. The lowest BCUT2D eigenvalue weighted by Crippen LogP contribution is -2.18. The molecule has 0 aliphatic carbocycles. The van der Waals surface area contributed by atoms with Crippen LogP contribution in [0.2, 0.25) is 0 Å². The lowest BCUT2D eigenvalue weighted by molar-refractivity contribution is -0.137. The summed E-state index contributed by atoms with van der Waals surface area (Å²) in [5.74, 6) is 0.300. The van der Waals surface area contributed by atoms with E-state index in [1.54, 1.807) is 19.2 Å². The number of hydrogen-bond donors (Lipinski definition) is 1. The van der Waals surface area contributed by atoms with Crippen molar-refractivity contribution < 1.29 is 22.7 Å². The number of aryl methyl sites for hydroxylation is 1. The van der Waals surface area contributed by atoms with Gasteiger partial charge in [0, 0.05) is 17.1 Å². The van der Waals surface area contributed by atoms with Crippen LogP contribution < -0.4 is 5.32 Å². The molecule has 2 aromatic carbocycles. The van der Waals surface area contributed by atoms with Crippen molar-refractivity contribution in [1.82, 2.24) is 15.0 Å². The van der Waals surface area contributed by atoms with Crippen molar-refractivity contribution in [3.63, 3.8) is 0 Å². The SMILES string of the molecule is C[C@@H](OC(=O)Nc1c(-c2ccc(Br)cc2)nnn1C)c1cccc(C(F)(F)F)c1. The van der Waals surface area contributed by atoms with Crippen LogP contribution in [0.5, 0.6) is 0 Å². The second-order valence-corrected chi connectivity index (χ2v) is 7.13. The predicted molar refractivity (Wildman–Crippen MR) is 104 cm³/mol. The fourth-order valence-corrected chi connectivity index (χ4v) is 2.89. The van der Waals surface area contributed by atoms with Crippen LogP contribution in [0.15, 0.2) is 53.0 Å². The highest BCUT2D eigenvalue weighted by molar-refractivity contribution is 9.10. The number of alkyl halides is 3. The summed E-state index contributed by atoms with van der Waals surface area (Å²) >= 11 is 3.35. The molecule has 0 spiro atoms. The van der Waals surface area contributed by atoms with Crippen LogP contribution in [-0.4, -0.2) is 21.1 Å². The Labute approximate surface area is 172 Å². The molecular formula is C19H16BrF3N4O2. The molecule has 0 unspecified atom stereocenters. The molecule has 1 heterocycles. The fraction of sp³-hybridized carbons (Fsp3) is 0.211. The molecule has 0 radical (unpaired) electrons. The minimum atomic E-state index is -4.47. The molecule has 0 aliphatic heterocycles. The van der Waals surface area contributed by atoms with Crippen molar-refractivity contribution >= 4 is 27.8 Å². The number of halogens is 4. The van der Waals surface area contributed by atoms with Crippen molar-refractivity contribution in [2.75, 3.05) is 5.32 Å². The summed E-state index contributed by atoms with van der Waals surface area (Å²) in [5, 5.41) is 10.5. The minimum Gasteiger partial charge on any atom is -0.441 e. The van der Waals surface area contributed by atoms with E-state index in [-0.39, 0.29) is 5.56 Å². The zero-order valence-corrected chi connectivity index (χ0v) is 17.0. The fourth-order valence-electron chi connectivity index (χ4n) is 2.62. The van der Waals surface area contributed by atoms with Crippen LogP contribution in [0.1, 0.15) is 24.2 Å². The molecule has 1 amide bonds. The number of nitrogens with zero attached hydrogens (tertiary/aromatic N) is 3. The normalized spacial score (nSPS) is 12.5. The summed E-state index contributed by atoms with van der Waals surface area (Å²) in [5.41, 5.74) is 0.580. The number of benzene rings is 2. The Bertz CT molecular complexity index is 1020. The van der Waals surface area contributed by atoms with Gasteiger partial charge in [-0.2, -0.15) is 13.2 Å².